The first-order valence-electron chi connectivity index (χ1n) is 17.4. The van der Waals surface area contributed by atoms with Crippen LogP contribution < -0.4 is 0 Å². The summed E-state index contributed by atoms with van der Waals surface area (Å²) in [7, 11) is 0. The van der Waals surface area contributed by atoms with Gasteiger partial charge in [0.05, 0.1) is 17.8 Å². The largest absolute Gasteiger partial charge is 0.461 e. The zero-order valence-electron chi connectivity index (χ0n) is 28.3. The Morgan fingerprint density at radius 1 is 1.00 bits per heavy atom. The van der Waals surface area contributed by atoms with Crippen LogP contribution in [-0.4, -0.2) is 45.7 Å². The van der Waals surface area contributed by atoms with E-state index < -0.39 is 11.2 Å². The topological polar surface area (TPSA) is 87.0 Å². The lowest BCUT2D eigenvalue weighted by molar-refractivity contribution is -0.143. The molecule has 1 aliphatic rings. The summed E-state index contributed by atoms with van der Waals surface area (Å²) in [4.78, 5) is 12.7. The molecule has 0 saturated heterocycles. The van der Waals surface area contributed by atoms with E-state index >= 15 is 0 Å². The molecule has 0 aromatic heterocycles. The van der Waals surface area contributed by atoms with Crippen molar-refractivity contribution in [1.82, 2.24) is 0 Å². The molecule has 0 aromatic carbocycles. The van der Waals surface area contributed by atoms with Gasteiger partial charge < -0.3 is 20.1 Å². The van der Waals surface area contributed by atoms with Crippen molar-refractivity contribution in [3.63, 3.8) is 0 Å². The van der Waals surface area contributed by atoms with Crippen LogP contribution in [0.3, 0.4) is 0 Å². The zero-order chi connectivity index (χ0) is 32.0. The second kappa shape index (κ2) is 22.8. The lowest BCUT2D eigenvalue weighted by Gasteiger charge is -2.30. The predicted molar refractivity (Wildman–Crippen MR) is 181 cm³/mol. The molecule has 248 valence electrons. The van der Waals surface area contributed by atoms with Crippen molar-refractivity contribution in [3.05, 3.63) is 48.1 Å². The predicted octanol–water partition coefficient (Wildman–Crippen LogP) is 9.32. The molecule has 0 saturated carbocycles. The molecule has 43 heavy (non-hydrogen) atoms. The number of ether oxygens (including phenoxy) is 1. The third-order valence-corrected chi connectivity index (χ3v) is 8.70. The highest BCUT2D eigenvalue weighted by Gasteiger charge is 2.30. The first-order chi connectivity index (χ1) is 20.5. The fourth-order valence-electron chi connectivity index (χ4n) is 5.90. The fraction of sp³-hybridized carbons (Fsp3) is 0.763. The number of unbranched alkanes of at least 4 members (excludes halogenated alkanes) is 14. The molecule has 3 N–H and O–H groups in total. The van der Waals surface area contributed by atoms with E-state index in [1.54, 1.807) is 32.9 Å². The van der Waals surface area contributed by atoms with Crippen LogP contribution in [0.5, 0.6) is 0 Å². The van der Waals surface area contributed by atoms with Gasteiger partial charge in [-0.1, -0.05) is 139 Å². The third kappa shape index (κ3) is 20.1. The maximum atomic E-state index is 12.7. The average molecular weight is 603 g/mol. The number of hydrogen-bond donors (Lipinski definition) is 3. The van der Waals surface area contributed by atoms with E-state index in [-0.39, 0.29) is 31.0 Å². The number of aliphatic hydroxyl groups excluding tert-OH is 1. The van der Waals surface area contributed by atoms with Crippen molar-refractivity contribution in [2.24, 2.45) is 11.8 Å². The van der Waals surface area contributed by atoms with Crippen molar-refractivity contribution < 1.29 is 24.9 Å². The molecule has 0 fully saturated rings. The van der Waals surface area contributed by atoms with Crippen molar-refractivity contribution in [1.29, 1.82) is 0 Å². The standard InChI is InChI=1S/C38H66O5/c1-6-7-8-9-10-11-12-13-14-15-16-17-18-19-20-25-36(40)43-31-33(24-22-27-37(3,4)41)34-26-29-38(5,42)28-21-23-32(2)35(34)30-39/h21-22,24,27-28,34-35,39,41-42H,2,6-20,23,25-26,29-31H2,1,3-5H3/b27-22+,28-21-,33-24-/t34-,35+,38-/m1/s1. The van der Waals surface area contributed by atoms with Gasteiger partial charge in [-0.25, -0.2) is 0 Å². The Bertz CT molecular complexity index is 845. The molecule has 0 unspecified atom stereocenters. The zero-order valence-corrected chi connectivity index (χ0v) is 28.3. The van der Waals surface area contributed by atoms with Crippen LogP contribution in [0.25, 0.3) is 0 Å². The maximum absolute atomic E-state index is 12.7. The van der Waals surface area contributed by atoms with Crippen LogP contribution >= 0.6 is 0 Å². The molecular formula is C38H66O5. The lowest BCUT2D eigenvalue weighted by atomic mass is 9.77. The second-order valence-corrected chi connectivity index (χ2v) is 13.7. The minimum Gasteiger partial charge on any atom is -0.461 e. The summed E-state index contributed by atoms with van der Waals surface area (Å²) in [6.07, 6.45) is 30.5. The first kappa shape index (κ1) is 39.3. The molecule has 1 rings (SSSR count). The van der Waals surface area contributed by atoms with Gasteiger partial charge >= 0.3 is 5.97 Å². The van der Waals surface area contributed by atoms with Crippen LogP contribution in [-0.2, 0) is 9.53 Å². The number of allylic oxidation sites excluding steroid dienone is 3. The molecular weight excluding hydrogens is 536 g/mol. The molecule has 0 radical (unpaired) electrons. The number of aliphatic hydroxyl groups is 3. The summed E-state index contributed by atoms with van der Waals surface area (Å²) in [5.41, 5.74) is -0.176. The smallest absolute Gasteiger partial charge is 0.306 e. The highest BCUT2D eigenvalue weighted by atomic mass is 16.5. The molecule has 0 bridgehead atoms. The molecule has 0 aromatic rings. The van der Waals surface area contributed by atoms with Crippen molar-refractivity contribution in [3.8, 4) is 0 Å². The van der Waals surface area contributed by atoms with Gasteiger partial charge in [0.25, 0.3) is 0 Å². The number of hydrogen-bond acceptors (Lipinski definition) is 5. The van der Waals surface area contributed by atoms with Crippen LogP contribution in [0.4, 0.5) is 0 Å². The van der Waals surface area contributed by atoms with E-state index in [0.717, 1.165) is 30.4 Å². The monoisotopic (exact) mass is 602 g/mol. The Labute approximate surface area is 264 Å². The maximum Gasteiger partial charge on any atom is 0.306 e. The Morgan fingerprint density at radius 2 is 1.53 bits per heavy atom. The average Bonchev–Trinajstić information content (AvgIpc) is 2.99. The van der Waals surface area contributed by atoms with Gasteiger partial charge in [0, 0.05) is 12.3 Å². The number of rotatable bonds is 22. The van der Waals surface area contributed by atoms with Crippen molar-refractivity contribution in [2.75, 3.05) is 13.2 Å². The van der Waals surface area contributed by atoms with Gasteiger partial charge in [0.15, 0.2) is 0 Å². The van der Waals surface area contributed by atoms with Crippen molar-refractivity contribution >= 4 is 5.97 Å². The Balaban J connectivity index is 2.49. The summed E-state index contributed by atoms with van der Waals surface area (Å²) >= 11 is 0. The molecule has 5 nitrogen and oxygen atoms in total. The van der Waals surface area contributed by atoms with Crippen LogP contribution in [0.1, 0.15) is 150 Å². The molecule has 0 heterocycles. The second-order valence-electron chi connectivity index (χ2n) is 13.7. The number of carbonyl (C=O) groups is 1. The highest BCUT2D eigenvalue weighted by Crippen LogP contribution is 2.36. The minimum absolute atomic E-state index is 0.0703. The number of esters is 1. The summed E-state index contributed by atoms with van der Waals surface area (Å²) in [6, 6.07) is 0. The van der Waals surface area contributed by atoms with E-state index in [9.17, 15) is 20.1 Å². The first-order valence-corrected chi connectivity index (χ1v) is 17.4. The van der Waals surface area contributed by atoms with E-state index in [0.29, 0.717) is 25.7 Å². The molecule has 1 aliphatic carbocycles. The lowest BCUT2D eigenvalue weighted by Crippen LogP contribution is -2.28. The summed E-state index contributed by atoms with van der Waals surface area (Å²) < 4.78 is 5.75. The van der Waals surface area contributed by atoms with Gasteiger partial charge in [-0.2, -0.15) is 0 Å². The van der Waals surface area contributed by atoms with Gasteiger partial charge in [-0.05, 0) is 57.9 Å². The van der Waals surface area contributed by atoms with E-state index in [4.69, 9.17) is 4.74 Å². The molecule has 0 aliphatic heterocycles. The highest BCUT2D eigenvalue weighted by molar-refractivity contribution is 5.69. The molecule has 5 heteroatoms. The van der Waals surface area contributed by atoms with E-state index in [1.807, 2.05) is 18.2 Å². The van der Waals surface area contributed by atoms with Crippen molar-refractivity contribution in [2.45, 2.75) is 161 Å². The third-order valence-electron chi connectivity index (χ3n) is 8.70. The summed E-state index contributed by atoms with van der Waals surface area (Å²) in [5.74, 6) is -0.563. The quantitative estimate of drug-likeness (QED) is 0.0497. The van der Waals surface area contributed by atoms with Crippen LogP contribution in [0, 0.1) is 11.8 Å². The molecule has 3 atom stereocenters. The Hall–Kier alpha value is -1.69. The SMILES string of the molecule is C=C1C/C=C\[C@@](C)(O)CC[C@H](/C(=C\C=C\C(C)(C)O)COC(=O)CCCCCCCCCCCCCCCCC)[C@H]1CO. The van der Waals surface area contributed by atoms with Crippen LogP contribution in [0.15, 0.2) is 48.1 Å². The Kier molecular flexibility index (Phi) is 20.8. The molecule has 0 spiro atoms. The minimum atomic E-state index is -0.974. The van der Waals surface area contributed by atoms with Crippen LogP contribution in [0.2, 0.25) is 0 Å². The van der Waals surface area contributed by atoms with Gasteiger partial charge in [0.1, 0.15) is 6.61 Å². The van der Waals surface area contributed by atoms with E-state index in [2.05, 4.69) is 13.5 Å². The Morgan fingerprint density at radius 3 is 2.05 bits per heavy atom. The molecule has 0 amide bonds. The summed E-state index contributed by atoms with van der Waals surface area (Å²) in [5, 5.41) is 31.2. The summed E-state index contributed by atoms with van der Waals surface area (Å²) in [6.45, 7) is 11.7. The van der Waals surface area contributed by atoms with E-state index in [1.165, 1.54) is 77.0 Å². The number of carbonyl (C=O) groups excluding carboxylic acids is 1. The normalized spacial score (nSPS) is 22.8. The van der Waals surface area contributed by atoms with Gasteiger partial charge in [0.2, 0.25) is 0 Å². The van der Waals surface area contributed by atoms with Gasteiger partial charge in [-0.3, -0.25) is 4.79 Å². The fourth-order valence-corrected chi connectivity index (χ4v) is 5.90. The van der Waals surface area contributed by atoms with Gasteiger partial charge in [-0.15, -0.1) is 0 Å².